The number of ether oxygens (including phenoxy) is 2. The highest BCUT2D eigenvalue weighted by Gasteiger charge is 2.29. The van der Waals surface area contributed by atoms with Crippen molar-refractivity contribution in [2.24, 2.45) is 5.92 Å². The molecule has 1 N–H and O–H groups in total. The third-order valence-corrected chi connectivity index (χ3v) is 5.73. The first-order valence-corrected chi connectivity index (χ1v) is 9.77. The molecule has 2 aliphatic rings. The predicted molar refractivity (Wildman–Crippen MR) is 92.0 cm³/mol. The van der Waals surface area contributed by atoms with Gasteiger partial charge in [-0.05, 0) is 44.8 Å². The van der Waals surface area contributed by atoms with Crippen LogP contribution in [0.3, 0.4) is 0 Å². The van der Waals surface area contributed by atoms with Gasteiger partial charge in [-0.2, -0.15) is 11.8 Å². The molecule has 0 radical (unpaired) electrons. The maximum absolute atomic E-state index is 12.1. The van der Waals surface area contributed by atoms with E-state index < -0.39 is 0 Å². The zero-order chi connectivity index (χ0) is 16.9. The van der Waals surface area contributed by atoms with Gasteiger partial charge in [-0.15, -0.1) is 0 Å². The molecule has 1 saturated heterocycles. The van der Waals surface area contributed by atoms with E-state index in [2.05, 4.69) is 10.5 Å². The number of hydrogen-bond acceptors (Lipinski definition) is 6. The zero-order valence-corrected chi connectivity index (χ0v) is 15.2. The molecule has 1 aromatic rings. The molecule has 2 atom stereocenters. The Hall–Kier alpha value is -1.05. The van der Waals surface area contributed by atoms with Crippen LogP contribution in [0.5, 0.6) is 0 Å². The van der Waals surface area contributed by atoms with E-state index >= 15 is 0 Å². The SMILES string of the molecule is Cc1noc(C)c1CO[C@@H]1COCC[C@H]1NC(=O)CSCC1CC1. The summed E-state index contributed by atoms with van der Waals surface area (Å²) in [4.78, 5) is 12.1. The number of hydrogen-bond donors (Lipinski definition) is 1. The van der Waals surface area contributed by atoms with Crippen LogP contribution in [-0.4, -0.2) is 47.9 Å². The fourth-order valence-electron chi connectivity index (χ4n) is 2.79. The van der Waals surface area contributed by atoms with Crippen LogP contribution in [0.2, 0.25) is 0 Å². The van der Waals surface area contributed by atoms with Crippen LogP contribution in [0.4, 0.5) is 0 Å². The lowest BCUT2D eigenvalue weighted by Crippen LogP contribution is -2.50. The topological polar surface area (TPSA) is 73.6 Å². The number of carbonyl (C=O) groups excluding carboxylic acids is 1. The standard InChI is InChI=1S/C17H26N2O4S/c1-11-14(12(2)23-19-11)7-22-16-8-21-6-5-15(16)18-17(20)10-24-9-13-3-4-13/h13,15-16H,3-10H2,1-2H3,(H,18,20)/t15-,16-/m1/s1. The number of rotatable bonds is 8. The van der Waals surface area contributed by atoms with E-state index in [-0.39, 0.29) is 18.1 Å². The molecule has 134 valence electrons. The van der Waals surface area contributed by atoms with Crippen molar-refractivity contribution in [3.8, 4) is 0 Å². The molecule has 1 aliphatic heterocycles. The fraction of sp³-hybridized carbons (Fsp3) is 0.765. The van der Waals surface area contributed by atoms with E-state index in [1.165, 1.54) is 12.8 Å². The number of thioether (sulfide) groups is 1. The molecule has 0 bridgehead atoms. The average Bonchev–Trinajstić information content (AvgIpc) is 3.33. The predicted octanol–water partition coefficient (Wildman–Crippen LogP) is 2.22. The second kappa shape index (κ2) is 8.36. The number of amides is 1. The minimum Gasteiger partial charge on any atom is -0.379 e. The second-order valence-electron chi connectivity index (χ2n) is 6.65. The van der Waals surface area contributed by atoms with Gasteiger partial charge in [0, 0.05) is 12.2 Å². The maximum atomic E-state index is 12.1. The van der Waals surface area contributed by atoms with Crippen molar-refractivity contribution in [3.63, 3.8) is 0 Å². The van der Waals surface area contributed by atoms with Crippen LogP contribution < -0.4 is 5.32 Å². The number of carbonyl (C=O) groups is 1. The van der Waals surface area contributed by atoms with Gasteiger partial charge in [-0.1, -0.05) is 5.16 Å². The van der Waals surface area contributed by atoms with Crippen molar-refractivity contribution in [2.45, 2.75) is 51.9 Å². The van der Waals surface area contributed by atoms with Gasteiger partial charge >= 0.3 is 0 Å². The monoisotopic (exact) mass is 354 g/mol. The van der Waals surface area contributed by atoms with Crippen molar-refractivity contribution in [2.75, 3.05) is 24.7 Å². The van der Waals surface area contributed by atoms with Crippen LogP contribution in [-0.2, 0) is 20.9 Å². The summed E-state index contributed by atoms with van der Waals surface area (Å²) in [5.74, 6) is 3.36. The van der Waals surface area contributed by atoms with Crippen LogP contribution in [0.15, 0.2) is 4.52 Å². The Morgan fingerprint density at radius 3 is 2.92 bits per heavy atom. The number of nitrogens with one attached hydrogen (secondary N) is 1. The lowest BCUT2D eigenvalue weighted by Gasteiger charge is -2.32. The highest BCUT2D eigenvalue weighted by molar-refractivity contribution is 7.99. The van der Waals surface area contributed by atoms with E-state index in [1.807, 2.05) is 13.8 Å². The van der Waals surface area contributed by atoms with Gasteiger partial charge < -0.3 is 19.3 Å². The molecule has 7 heteroatoms. The van der Waals surface area contributed by atoms with Gasteiger partial charge in [0.05, 0.1) is 30.7 Å². The Bertz CT molecular complexity index is 539. The summed E-state index contributed by atoms with van der Waals surface area (Å²) in [6.45, 7) is 5.38. The third-order valence-electron chi connectivity index (χ3n) is 4.56. The molecule has 24 heavy (non-hydrogen) atoms. The maximum Gasteiger partial charge on any atom is 0.230 e. The van der Waals surface area contributed by atoms with Gasteiger partial charge in [0.15, 0.2) is 0 Å². The smallest absolute Gasteiger partial charge is 0.230 e. The Kier molecular flexibility index (Phi) is 6.19. The summed E-state index contributed by atoms with van der Waals surface area (Å²) < 4.78 is 16.7. The largest absolute Gasteiger partial charge is 0.379 e. The zero-order valence-electron chi connectivity index (χ0n) is 14.4. The molecule has 3 rings (SSSR count). The summed E-state index contributed by atoms with van der Waals surface area (Å²) >= 11 is 1.73. The molecule has 1 amide bonds. The lowest BCUT2D eigenvalue weighted by atomic mass is 10.1. The Balaban J connectivity index is 1.46. The summed E-state index contributed by atoms with van der Waals surface area (Å²) in [5, 5.41) is 7.06. The summed E-state index contributed by atoms with van der Waals surface area (Å²) in [5.41, 5.74) is 1.83. The minimum absolute atomic E-state index is 0.00764. The molecule has 1 saturated carbocycles. The third kappa shape index (κ3) is 4.97. The molecule has 6 nitrogen and oxygen atoms in total. The lowest BCUT2D eigenvalue weighted by molar-refractivity contribution is -0.124. The molecule has 1 aliphatic carbocycles. The van der Waals surface area contributed by atoms with Crippen molar-refractivity contribution in [1.29, 1.82) is 0 Å². The number of aryl methyl sites for hydroxylation is 2. The molecule has 2 fully saturated rings. The Morgan fingerprint density at radius 2 is 2.21 bits per heavy atom. The molecular formula is C17H26N2O4S. The van der Waals surface area contributed by atoms with Gasteiger partial charge in [-0.25, -0.2) is 0 Å². The number of aromatic nitrogens is 1. The van der Waals surface area contributed by atoms with Crippen LogP contribution in [0.1, 0.15) is 36.3 Å². The van der Waals surface area contributed by atoms with E-state index in [9.17, 15) is 4.79 Å². The van der Waals surface area contributed by atoms with Crippen molar-refractivity contribution in [1.82, 2.24) is 10.5 Å². The summed E-state index contributed by atoms with van der Waals surface area (Å²) in [6.07, 6.45) is 3.30. The summed E-state index contributed by atoms with van der Waals surface area (Å²) in [6, 6.07) is 0.00764. The minimum atomic E-state index is -0.134. The second-order valence-corrected chi connectivity index (χ2v) is 7.68. The molecule has 2 heterocycles. The molecule has 1 aromatic heterocycles. The van der Waals surface area contributed by atoms with Gasteiger partial charge in [0.25, 0.3) is 0 Å². The van der Waals surface area contributed by atoms with Crippen molar-refractivity contribution >= 4 is 17.7 Å². The van der Waals surface area contributed by atoms with Crippen molar-refractivity contribution in [3.05, 3.63) is 17.0 Å². The first kappa shape index (κ1) is 17.8. The average molecular weight is 354 g/mol. The fourth-order valence-corrected chi connectivity index (χ4v) is 3.84. The van der Waals surface area contributed by atoms with Crippen LogP contribution in [0, 0.1) is 19.8 Å². The number of nitrogens with zero attached hydrogens (tertiary/aromatic N) is 1. The molecule has 0 aromatic carbocycles. The summed E-state index contributed by atoms with van der Waals surface area (Å²) in [7, 11) is 0. The van der Waals surface area contributed by atoms with E-state index in [4.69, 9.17) is 14.0 Å². The normalized spacial score (nSPS) is 24.1. The quantitative estimate of drug-likeness (QED) is 0.772. The van der Waals surface area contributed by atoms with Crippen LogP contribution >= 0.6 is 11.8 Å². The molecular weight excluding hydrogens is 328 g/mol. The van der Waals surface area contributed by atoms with Crippen molar-refractivity contribution < 1.29 is 18.8 Å². The van der Waals surface area contributed by atoms with E-state index in [0.717, 1.165) is 35.1 Å². The van der Waals surface area contributed by atoms with Crippen LogP contribution in [0.25, 0.3) is 0 Å². The van der Waals surface area contributed by atoms with E-state index in [1.54, 1.807) is 11.8 Å². The Labute approximate surface area is 147 Å². The first-order valence-electron chi connectivity index (χ1n) is 8.61. The van der Waals surface area contributed by atoms with E-state index in [0.29, 0.717) is 25.6 Å². The highest BCUT2D eigenvalue weighted by atomic mass is 32.2. The first-order chi connectivity index (χ1) is 11.6. The Morgan fingerprint density at radius 1 is 1.38 bits per heavy atom. The van der Waals surface area contributed by atoms with Gasteiger partial charge in [0.2, 0.25) is 5.91 Å². The van der Waals surface area contributed by atoms with Gasteiger partial charge in [-0.3, -0.25) is 4.79 Å². The highest BCUT2D eigenvalue weighted by Crippen LogP contribution is 2.32. The van der Waals surface area contributed by atoms with Gasteiger partial charge in [0.1, 0.15) is 11.9 Å². The molecule has 0 unspecified atom stereocenters. The molecule has 0 spiro atoms.